The lowest BCUT2D eigenvalue weighted by Crippen LogP contribution is -2.44. The Morgan fingerprint density at radius 2 is 2.07 bits per heavy atom. The van der Waals surface area contributed by atoms with Crippen LogP contribution in [0, 0.1) is 6.92 Å². The molecule has 4 rings (SSSR count). The molecule has 0 bridgehead atoms. The van der Waals surface area contributed by atoms with E-state index in [-0.39, 0.29) is 24.1 Å². The number of hydrogen-bond donors (Lipinski definition) is 0. The minimum atomic E-state index is -0.254. The number of hydrogen-bond acceptors (Lipinski definition) is 6. The van der Waals surface area contributed by atoms with Crippen LogP contribution in [0.4, 0.5) is 0 Å². The van der Waals surface area contributed by atoms with Crippen molar-refractivity contribution >= 4 is 16.9 Å². The fourth-order valence-electron chi connectivity index (χ4n) is 3.39. The van der Waals surface area contributed by atoms with Crippen molar-refractivity contribution in [3.8, 4) is 5.88 Å². The van der Waals surface area contributed by atoms with Gasteiger partial charge in [0.25, 0.3) is 5.56 Å². The van der Waals surface area contributed by atoms with E-state index in [1.54, 1.807) is 18.1 Å². The van der Waals surface area contributed by atoms with Crippen LogP contribution < -0.4 is 10.3 Å². The zero-order valence-electron chi connectivity index (χ0n) is 15.9. The number of nitrogens with zero attached hydrogens (tertiary/aromatic N) is 6. The summed E-state index contributed by atoms with van der Waals surface area (Å²) in [4.78, 5) is 35.4. The fourth-order valence-corrected chi connectivity index (χ4v) is 3.39. The van der Waals surface area contributed by atoms with Gasteiger partial charge in [0.2, 0.25) is 11.8 Å². The molecule has 0 spiro atoms. The van der Waals surface area contributed by atoms with E-state index in [0.717, 1.165) is 18.4 Å². The summed E-state index contributed by atoms with van der Waals surface area (Å²) in [6.45, 7) is 3.15. The molecule has 9 nitrogen and oxygen atoms in total. The summed E-state index contributed by atoms with van der Waals surface area (Å²) >= 11 is 0. The molecule has 1 amide bonds. The van der Waals surface area contributed by atoms with Crippen LogP contribution in [0.5, 0.6) is 5.88 Å². The van der Waals surface area contributed by atoms with Crippen molar-refractivity contribution in [3.63, 3.8) is 0 Å². The topological polar surface area (TPSA) is 95.1 Å². The van der Waals surface area contributed by atoms with Crippen molar-refractivity contribution in [3.05, 3.63) is 46.8 Å². The molecule has 0 atom stereocenters. The molecule has 0 aliphatic carbocycles. The van der Waals surface area contributed by atoms with Gasteiger partial charge in [-0.3, -0.25) is 18.8 Å². The maximum Gasteiger partial charge on any atom is 0.264 e. The molecule has 9 heteroatoms. The molecule has 1 aliphatic rings. The first-order valence-electron chi connectivity index (χ1n) is 9.25. The van der Waals surface area contributed by atoms with Gasteiger partial charge in [0.15, 0.2) is 5.65 Å². The fraction of sp³-hybridized carbons (Fsp3) is 0.421. The van der Waals surface area contributed by atoms with Gasteiger partial charge in [-0.2, -0.15) is 5.10 Å². The SMILES string of the molecule is Cc1ccnc(OC2CCN(C(=O)Cn3cnc4c(cnn4C)c3=O)CC2)c1. The van der Waals surface area contributed by atoms with Crippen molar-refractivity contribution in [2.24, 2.45) is 7.05 Å². The number of likely N-dealkylation sites (tertiary alicyclic amines) is 1. The monoisotopic (exact) mass is 382 g/mol. The highest BCUT2D eigenvalue weighted by molar-refractivity contribution is 5.77. The number of ether oxygens (including phenoxy) is 1. The molecule has 1 saturated heterocycles. The second-order valence-corrected chi connectivity index (χ2v) is 7.05. The highest BCUT2D eigenvalue weighted by Gasteiger charge is 2.24. The van der Waals surface area contributed by atoms with E-state index < -0.39 is 0 Å². The summed E-state index contributed by atoms with van der Waals surface area (Å²) in [5.74, 6) is 0.520. The molecular formula is C19H22N6O3. The predicted octanol–water partition coefficient (Wildman–Crippen LogP) is 0.903. The molecule has 0 unspecified atom stereocenters. The van der Waals surface area contributed by atoms with Crippen molar-refractivity contribution < 1.29 is 9.53 Å². The van der Waals surface area contributed by atoms with E-state index in [9.17, 15) is 9.59 Å². The van der Waals surface area contributed by atoms with Crippen molar-refractivity contribution in [1.82, 2.24) is 29.2 Å². The summed E-state index contributed by atoms with van der Waals surface area (Å²) < 4.78 is 8.81. The average molecular weight is 382 g/mol. The number of aromatic nitrogens is 5. The number of piperidine rings is 1. The molecule has 0 saturated carbocycles. The van der Waals surface area contributed by atoms with Gasteiger partial charge >= 0.3 is 0 Å². The second kappa shape index (κ2) is 7.41. The summed E-state index contributed by atoms with van der Waals surface area (Å²) in [5, 5.41) is 4.45. The van der Waals surface area contributed by atoms with E-state index in [2.05, 4.69) is 15.1 Å². The van der Waals surface area contributed by atoms with Crippen LogP contribution in [0.15, 0.2) is 35.6 Å². The van der Waals surface area contributed by atoms with E-state index >= 15 is 0 Å². The third-order valence-corrected chi connectivity index (χ3v) is 5.00. The molecule has 0 N–H and O–H groups in total. The Labute approximate surface area is 161 Å². The van der Waals surface area contributed by atoms with Gasteiger partial charge in [0.1, 0.15) is 24.4 Å². The molecule has 3 aromatic heterocycles. The molecule has 146 valence electrons. The van der Waals surface area contributed by atoms with Crippen molar-refractivity contribution in [2.75, 3.05) is 13.1 Å². The molecular weight excluding hydrogens is 360 g/mol. The number of aryl methyl sites for hydroxylation is 2. The average Bonchev–Trinajstić information content (AvgIpc) is 3.06. The van der Waals surface area contributed by atoms with Gasteiger partial charge in [-0.15, -0.1) is 0 Å². The largest absolute Gasteiger partial charge is 0.474 e. The molecule has 0 radical (unpaired) electrons. The lowest BCUT2D eigenvalue weighted by atomic mass is 10.1. The van der Waals surface area contributed by atoms with Crippen molar-refractivity contribution in [1.29, 1.82) is 0 Å². The highest BCUT2D eigenvalue weighted by atomic mass is 16.5. The maximum atomic E-state index is 12.6. The molecule has 0 aromatic carbocycles. The first kappa shape index (κ1) is 18.1. The van der Waals surface area contributed by atoms with Gasteiger partial charge in [-0.25, -0.2) is 9.97 Å². The lowest BCUT2D eigenvalue weighted by Gasteiger charge is -2.32. The van der Waals surface area contributed by atoms with Crippen LogP contribution >= 0.6 is 0 Å². The first-order chi connectivity index (χ1) is 13.5. The van der Waals surface area contributed by atoms with E-state index in [1.807, 2.05) is 19.1 Å². The normalized spacial score (nSPS) is 15.1. The van der Waals surface area contributed by atoms with Gasteiger partial charge in [-0.1, -0.05) is 0 Å². The number of rotatable bonds is 4. The molecule has 4 heterocycles. The third-order valence-electron chi connectivity index (χ3n) is 5.00. The Balaban J connectivity index is 1.37. The first-order valence-corrected chi connectivity index (χ1v) is 9.25. The number of pyridine rings is 1. The highest BCUT2D eigenvalue weighted by Crippen LogP contribution is 2.18. The van der Waals surface area contributed by atoms with Crippen LogP contribution in [0.25, 0.3) is 11.0 Å². The van der Waals surface area contributed by atoms with Crippen LogP contribution in [-0.4, -0.2) is 54.3 Å². The van der Waals surface area contributed by atoms with E-state index in [4.69, 9.17) is 4.74 Å². The van der Waals surface area contributed by atoms with Crippen LogP contribution in [-0.2, 0) is 18.4 Å². The number of carbonyl (C=O) groups is 1. The molecule has 28 heavy (non-hydrogen) atoms. The van der Waals surface area contributed by atoms with Gasteiger partial charge in [-0.05, 0) is 18.6 Å². The van der Waals surface area contributed by atoms with Crippen LogP contribution in [0.2, 0.25) is 0 Å². The quantitative estimate of drug-likeness (QED) is 0.665. The van der Waals surface area contributed by atoms with Crippen LogP contribution in [0.3, 0.4) is 0 Å². The van der Waals surface area contributed by atoms with Crippen LogP contribution in [0.1, 0.15) is 18.4 Å². The summed E-state index contributed by atoms with van der Waals surface area (Å²) in [6, 6.07) is 3.83. The maximum absolute atomic E-state index is 12.6. The minimum Gasteiger partial charge on any atom is -0.474 e. The van der Waals surface area contributed by atoms with Gasteiger partial charge in [0.05, 0.1) is 6.20 Å². The van der Waals surface area contributed by atoms with E-state index in [1.165, 1.54) is 21.8 Å². The Kier molecular flexibility index (Phi) is 4.81. The molecule has 3 aromatic rings. The summed E-state index contributed by atoms with van der Waals surface area (Å²) in [5.41, 5.74) is 1.36. The molecule has 1 fully saturated rings. The van der Waals surface area contributed by atoms with E-state index in [0.29, 0.717) is 30.0 Å². The number of fused-ring (bicyclic) bond motifs is 1. The Morgan fingerprint density at radius 1 is 1.29 bits per heavy atom. The van der Waals surface area contributed by atoms with Crippen molar-refractivity contribution in [2.45, 2.75) is 32.4 Å². The Morgan fingerprint density at radius 3 is 2.82 bits per heavy atom. The van der Waals surface area contributed by atoms with Gasteiger partial charge < -0.3 is 9.64 Å². The summed E-state index contributed by atoms with van der Waals surface area (Å²) in [7, 11) is 1.72. The minimum absolute atomic E-state index is 0.0262. The smallest absolute Gasteiger partial charge is 0.264 e. The predicted molar refractivity (Wildman–Crippen MR) is 102 cm³/mol. The second-order valence-electron chi connectivity index (χ2n) is 7.05. The third kappa shape index (κ3) is 3.60. The zero-order valence-corrected chi connectivity index (χ0v) is 15.9. The zero-order chi connectivity index (χ0) is 19.7. The number of amides is 1. The van der Waals surface area contributed by atoms with Gasteiger partial charge in [0, 0.05) is 45.2 Å². The summed E-state index contributed by atoms with van der Waals surface area (Å²) in [6.07, 6.45) is 6.12. The molecule has 1 aliphatic heterocycles. The standard InChI is InChI=1S/C19H22N6O3/c1-13-3-6-20-16(9-13)28-14-4-7-24(8-5-14)17(26)11-25-12-21-18-15(19(25)27)10-22-23(18)2/h3,6,9-10,12,14H,4-5,7-8,11H2,1-2H3. The lowest BCUT2D eigenvalue weighted by molar-refractivity contribution is -0.133. The number of carbonyl (C=O) groups excluding carboxylic acids is 1. The Hall–Kier alpha value is -3.23. The Bertz CT molecular complexity index is 1060.